The summed E-state index contributed by atoms with van der Waals surface area (Å²) >= 11 is 0. The van der Waals surface area contributed by atoms with E-state index in [1.807, 2.05) is 6.07 Å². The SMILES string of the molecule is N#Cc1cccc(CS(=O)(=O)N2CCCCC2CO)c1. The smallest absolute Gasteiger partial charge is 0.218 e. The van der Waals surface area contributed by atoms with Crippen LogP contribution in [0.1, 0.15) is 30.4 Å². The third-order valence-electron chi connectivity index (χ3n) is 3.55. The first kappa shape index (κ1) is 15.0. The standard InChI is InChI=1S/C14H18N2O3S/c15-9-12-4-3-5-13(8-12)11-20(18,19)16-7-2-1-6-14(16)10-17/h3-5,8,14,17H,1-2,6-7,10-11H2. The van der Waals surface area contributed by atoms with Gasteiger partial charge in [0.25, 0.3) is 0 Å². The lowest BCUT2D eigenvalue weighted by atomic mass is 10.1. The van der Waals surface area contributed by atoms with Crippen LogP contribution in [-0.4, -0.2) is 37.0 Å². The van der Waals surface area contributed by atoms with Crippen molar-refractivity contribution in [1.82, 2.24) is 4.31 Å². The van der Waals surface area contributed by atoms with Crippen molar-refractivity contribution in [2.75, 3.05) is 13.2 Å². The highest BCUT2D eigenvalue weighted by atomic mass is 32.2. The van der Waals surface area contributed by atoms with Crippen molar-refractivity contribution in [2.45, 2.75) is 31.1 Å². The Morgan fingerprint density at radius 2 is 2.20 bits per heavy atom. The molecule has 0 bridgehead atoms. The number of aliphatic hydroxyl groups is 1. The van der Waals surface area contributed by atoms with Crippen molar-refractivity contribution in [3.8, 4) is 6.07 Å². The Hall–Kier alpha value is -1.42. The molecule has 1 unspecified atom stereocenters. The maximum Gasteiger partial charge on any atom is 0.218 e. The van der Waals surface area contributed by atoms with Crippen LogP contribution >= 0.6 is 0 Å². The van der Waals surface area contributed by atoms with E-state index < -0.39 is 10.0 Å². The van der Waals surface area contributed by atoms with Crippen LogP contribution in [0, 0.1) is 11.3 Å². The van der Waals surface area contributed by atoms with Crippen molar-refractivity contribution in [3.63, 3.8) is 0 Å². The molecule has 6 heteroatoms. The Labute approximate surface area is 119 Å². The van der Waals surface area contributed by atoms with Crippen molar-refractivity contribution in [1.29, 1.82) is 5.26 Å². The van der Waals surface area contributed by atoms with E-state index in [1.54, 1.807) is 24.3 Å². The van der Waals surface area contributed by atoms with Gasteiger partial charge in [0.05, 0.1) is 24.0 Å². The van der Waals surface area contributed by atoms with Crippen molar-refractivity contribution in [3.05, 3.63) is 35.4 Å². The van der Waals surface area contributed by atoms with E-state index in [2.05, 4.69) is 0 Å². The Bertz CT molecular complexity index is 607. The summed E-state index contributed by atoms with van der Waals surface area (Å²) in [6, 6.07) is 8.32. The number of sulfonamides is 1. The molecule has 20 heavy (non-hydrogen) atoms. The van der Waals surface area contributed by atoms with Crippen LogP contribution in [0.2, 0.25) is 0 Å². The fourth-order valence-electron chi connectivity index (χ4n) is 2.55. The quantitative estimate of drug-likeness (QED) is 0.905. The molecule has 0 radical (unpaired) electrons. The molecule has 1 aliphatic rings. The van der Waals surface area contributed by atoms with Crippen LogP contribution in [0.15, 0.2) is 24.3 Å². The highest BCUT2D eigenvalue weighted by Gasteiger charge is 2.31. The van der Waals surface area contributed by atoms with Crippen LogP contribution in [0.5, 0.6) is 0 Å². The molecular weight excluding hydrogens is 276 g/mol. The monoisotopic (exact) mass is 294 g/mol. The normalized spacial score (nSPS) is 20.5. The third kappa shape index (κ3) is 3.37. The van der Waals surface area contributed by atoms with E-state index >= 15 is 0 Å². The lowest BCUT2D eigenvalue weighted by molar-refractivity contribution is 0.155. The van der Waals surface area contributed by atoms with Gasteiger partial charge < -0.3 is 5.11 Å². The molecule has 0 amide bonds. The summed E-state index contributed by atoms with van der Waals surface area (Å²) in [6.07, 6.45) is 2.48. The lowest BCUT2D eigenvalue weighted by Crippen LogP contribution is -2.46. The van der Waals surface area contributed by atoms with Crippen LogP contribution in [0.3, 0.4) is 0 Å². The van der Waals surface area contributed by atoms with Gasteiger partial charge in [0.15, 0.2) is 0 Å². The van der Waals surface area contributed by atoms with E-state index in [-0.39, 0.29) is 18.4 Å². The minimum absolute atomic E-state index is 0.126. The van der Waals surface area contributed by atoms with Crippen LogP contribution < -0.4 is 0 Å². The predicted octanol–water partition coefficient (Wildman–Crippen LogP) is 1.23. The van der Waals surface area contributed by atoms with E-state index in [0.29, 0.717) is 24.1 Å². The van der Waals surface area contributed by atoms with Gasteiger partial charge in [-0.15, -0.1) is 0 Å². The van der Waals surface area contributed by atoms with E-state index in [1.165, 1.54) is 4.31 Å². The summed E-state index contributed by atoms with van der Waals surface area (Å²) in [5.74, 6) is -0.126. The summed E-state index contributed by atoms with van der Waals surface area (Å²) in [7, 11) is -3.46. The molecule has 108 valence electrons. The zero-order valence-corrected chi connectivity index (χ0v) is 12.0. The molecule has 1 saturated heterocycles. The second kappa shape index (κ2) is 6.35. The molecule has 2 rings (SSSR count). The van der Waals surface area contributed by atoms with Gasteiger partial charge in [-0.25, -0.2) is 8.42 Å². The maximum atomic E-state index is 12.5. The van der Waals surface area contributed by atoms with Gasteiger partial charge in [0.1, 0.15) is 0 Å². The predicted molar refractivity (Wildman–Crippen MR) is 75.2 cm³/mol. The van der Waals surface area contributed by atoms with Gasteiger partial charge in [-0.05, 0) is 30.5 Å². The van der Waals surface area contributed by atoms with E-state index in [0.717, 1.165) is 12.8 Å². The van der Waals surface area contributed by atoms with Gasteiger partial charge in [0, 0.05) is 12.6 Å². The second-order valence-corrected chi connectivity index (χ2v) is 6.93. The molecular formula is C14H18N2O3S. The Morgan fingerprint density at radius 1 is 1.40 bits per heavy atom. The average Bonchev–Trinajstić information content (AvgIpc) is 2.47. The Balaban J connectivity index is 2.19. The Morgan fingerprint density at radius 3 is 2.90 bits per heavy atom. The molecule has 5 nitrogen and oxygen atoms in total. The van der Waals surface area contributed by atoms with Crippen LogP contribution in [0.4, 0.5) is 0 Å². The summed E-state index contributed by atoms with van der Waals surface area (Å²) in [4.78, 5) is 0. The average molecular weight is 294 g/mol. The molecule has 1 atom stereocenters. The number of nitrogens with zero attached hydrogens (tertiary/aromatic N) is 2. The number of aliphatic hydroxyl groups excluding tert-OH is 1. The Kier molecular flexibility index (Phi) is 4.76. The number of rotatable bonds is 4. The number of piperidine rings is 1. The van der Waals surface area contributed by atoms with Gasteiger partial charge >= 0.3 is 0 Å². The first-order valence-electron chi connectivity index (χ1n) is 6.66. The third-order valence-corrected chi connectivity index (χ3v) is 5.44. The number of hydrogen-bond acceptors (Lipinski definition) is 4. The van der Waals surface area contributed by atoms with Gasteiger partial charge in [-0.2, -0.15) is 9.57 Å². The topological polar surface area (TPSA) is 81.4 Å². The first-order valence-corrected chi connectivity index (χ1v) is 8.27. The fraction of sp³-hybridized carbons (Fsp3) is 0.500. The lowest BCUT2D eigenvalue weighted by Gasteiger charge is -2.33. The fourth-order valence-corrected chi connectivity index (χ4v) is 4.35. The zero-order valence-electron chi connectivity index (χ0n) is 11.2. The van der Waals surface area contributed by atoms with Gasteiger partial charge in [-0.3, -0.25) is 0 Å². The van der Waals surface area contributed by atoms with Crippen LogP contribution in [0.25, 0.3) is 0 Å². The highest BCUT2D eigenvalue weighted by Crippen LogP contribution is 2.22. The summed E-state index contributed by atoms with van der Waals surface area (Å²) in [5.41, 5.74) is 1.06. The molecule has 1 heterocycles. The number of hydrogen-bond donors (Lipinski definition) is 1. The molecule has 0 aromatic heterocycles. The van der Waals surface area contributed by atoms with Crippen molar-refractivity contribution >= 4 is 10.0 Å². The first-order chi connectivity index (χ1) is 9.56. The van der Waals surface area contributed by atoms with Crippen molar-refractivity contribution < 1.29 is 13.5 Å². The molecule has 0 aliphatic carbocycles. The number of nitriles is 1. The van der Waals surface area contributed by atoms with Gasteiger partial charge in [0.2, 0.25) is 10.0 Å². The van der Waals surface area contributed by atoms with Crippen molar-refractivity contribution in [2.24, 2.45) is 0 Å². The highest BCUT2D eigenvalue weighted by molar-refractivity contribution is 7.88. The molecule has 1 aromatic carbocycles. The minimum atomic E-state index is -3.46. The minimum Gasteiger partial charge on any atom is -0.395 e. The molecule has 1 aromatic rings. The van der Waals surface area contributed by atoms with Gasteiger partial charge in [-0.1, -0.05) is 18.6 Å². The molecule has 1 aliphatic heterocycles. The molecule has 0 saturated carbocycles. The summed E-state index contributed by atoms with van der Waals surface area (Å²) in [5, 5.41) is 18.2. The van der Waals surface area contributed by atoms with E-state index in [9.17, 15) is 13.5 Å². The maximum absolute atomic E-state index is 12.5. The molecule has 1 fully saturated rings. The molecule has 0 spiro atoms. The second-order valence-electron chi connectivity index (χ2n) is 5.01. The van der Waals surface area contributed by atoms with E-state index in [4.69, 9.17) is 5.26 Å². The summed E-state index contributed by atoms with van der Waals surface area (Å²) < 4.78 is 26.3. The summed E-state index contributed by atoms with van der Waals surface area (Å²) in [6.45, 7) is 0.322. The largest absolute Gasteiger partial charge is 0.395 e. The number of benzene rings is 1. The molecule has 1 N–H and O–H groups in total. The zero-order chi connectivity index (χ0) is 14.6. The van der Waals surface area contributed by atoms with Crippen LogP contribution in [-0.2, 0) is 15.8 Å².